The Balaban J connectivity index is 1.51. The van der Waals surface area contributed by atoms with E-state index in [9.17, 15) is 4.79 Å². The topological polar surface area (TPSA) is 86.8 Å². The Morgan fingerprint density at radius 3 is 2.88 bits per heavy atom. The summed E-state index contributed by atoms with van der Waals surface area (Å²) in [5.41, 5.74) is 1.56. The molecule has 7 nitrogen and oxygen atoms in total. The molecule has 0 radical (unpaired) electrons. The minimum absolute atomic E-state index is 0.101. The molecule has 1 aliphatic heterocycles. The number of amides is 1. The zero-order valence-corrected chi connectivity index (χ0v) is 15.2. The smallest absolute Gasteiger partial charge is 0.223 e. The van der Waals surface area contributed by atoms with Gasteiger partial charge in [-0.2, -0.15) is 0 Å². The highest BCUT2D eigenvalue weighted by atomic mass is 16.1. The molecule has 3 heterocycles. The van der Waals surface area contributed by atoms with Crippen LogP contribution in [0.1, 0.15) is 52.4 Å². The van der Waals surface area contributed by atoms with Crippen LogP contribution < -0.4 is 10.2 Å². The van der Waals surface area contributed by atoms with Crippen LogP contribution in [0.5, 0.6) is 0 Å². The normalized spacial score (nSPS) is 17.0. The number of nitrogens with zero attached hydrogens (tertiary/aromatic N) is 4. The van der Waals surface area contributed by atoms with Gasteiger partial charge in [0.1, 0.15) is 11.8 Å². The zero-order valence-electron chi connectivity index (χ0n) is 15.2. The van der Waals surface area contributed by atoms with Gasteiger partial charge in [0.25, 0.3) is 0 Å². The third-order valence-electron chi connectivity index (χ3n) is 5.00. The number of carbonyl (C=O) groups excluding carboxylic acids is 1. The number of aromatic amines is 1. The first kappa shape index (κ1) is 17.6. The fourth-order valence-corrected chi connectivity index (χ4v) is 3.48. The van der Waals surface area contributed by atoms with Crippen LogP contribution in [0, 0.1) is 5.92 Å². The van der Waals surface area contributed by atoms with E-state index in [0.29, 0.717) is 5.65 Å². The maximum atomic E-state index is 12.5. The lowest BCUT2D eigenvalue weighted by atomic mass is 9.95. The summed E-state index contributed by atoms with van der Waals surface area (Å²) in [6.45, 7) is 5.96. The SMILES string of the molecule is CCCCCC(C)NC(=O)C1CCN(c2ncnc3nc[nH]c23)CC1. The molecule has 1 fully saturated rings. The number of nitrogens with one attached hydrogen (secondary N) is 2. The first-order chi connectivity index (χ1) is 12.2. The van der Waals surface area contributed by atoms with E-state index in [-0.39, 0.29) is 17.9 Å². The maximum absolute atomic E-state index is 12.5. The summed E-state index contributed by atoms with van der Waals surface area (Å²) < 4.78 is 0. The molecule has 1 saturated heterocycles. The first-order valence-corrected chi connectivity index (χ1v) is 9.38. The Kier molecular flexibility index (Phi) is 5.83. The number of hydrogen-bond acceptors (Lipinski definition) is 5. The predicted molar refractivity (Wildman–Crippen MR) is 98.4 cm³/mol. The largest absolute Gasteiger partial charge is 0.355 e. The highest BCUT2D eigenvalue weighted by Gasteiger charge is 2.27. The molecule has 25 heavy (non-hydrogen) atoms. The Hall–Kier alpha value is -2.18. The molecular weight excluding hydrogens is 316 g/mol. The number of aromatic nitrogens is 4. The molecule has 0 bridgehead atoms. The van der Waals surface area contributed by atoms with E-state index < -0.39 is 0 Å². The average molecular weight is 344 g/mol. The fraction of sp³-hybridized carbons (Fsp3) is 0.667. The van der Waals surface area contributed by atoms with E-state index in [2.05, 4.69) is 44.0 Å². The number of unbranched alkanes of at least 4 members (excludes halogenated alkanes) is 2. The van der Waals surface area contributed by atoms with Crippen LogP contribution in [-0.2, 0) is 4.79 Å². The Labute approximate surface area is 148 Å². The number of anilines is 1. The summed E-state index contributed by atoms with van der Waals surface area (Å²) in [6, 6.07) is 0.267. The summed E-state index contributed by atoms with van der Waals surface area (Å²) in [6.07, 6.45) is 9.60. The van der Waals surface area contributed by atoms with Gasteiger partial charge in [0, 0.05) is 25.0 Å². The van der Waals surface area contributed by atoms with Crippen LogP contribution in [0.2, 0.25) is 0 Å². The molecule has 136 valence electrons. The van der Waals surface area contributed by atoms with E-state index in [1.54, 1.807) is 12.7 Å². The van der Waals surface area contributed by atoms with Crippen LogP contribution in [0.3, 0.4) is 0 Å². The minimum Gasteiger partial charge on any atom is -0.355 e. The molecule has 3 rings (SSSR count). The number of carbonyl (C=O) groups is 1. The molecule has 2 aromatic heterocycles. The van der Waals surface area contributed by atoms with Crippen LogP contribution in [-0.4, -0.2) is 45.0 Å². The Morgan fingerprint density at radius 2 is 2.12 bits per heavy atom. The molecule has 0 aliphatic carbocycles. The van der Waals surface area contributed by atoms with Gasteiger partial charge in [-0.15, -0.1) is 0 Å². The van der Waals surface area contributed by atoms with E-state index in [4.69, 9.17) is 0 Å². The van der Waals surface area contributed by atoms with Gasteiger partial charge in [-0.1, -0.05) is 26.2 Å². The van der Waals surface area contributed by atoms with Gasteiger partial charge < -0.3 is 15.2 Å². The van der Waals surface area contributed by atoms with Crippen LogP contribution in [0.25, 0.3) is 11.2 Å². The maximum Gasteiger partial charge on any atom is 0.223 e. The molecule has 7 heteroatoms. The minimum atomic E-state index is 0.101. The summed E-state index contributed by atoms with van der Waals surface area (Å²) in [4.78, 5) is 30.6. The van der Waals surface area contributed by atoms with Gasteiger partial charge >= 0.3 is 0 Å². The molecule has 2 N–H and O–H groups in total. The van der Waals surface area contributed by atoms with Crippen LogP contribution in [0.15, 0.2) is 12.7 Å². The van der Waals surface area contributed by atoms with Crippen molar-refractivity contribution in [2.45, 2.75) is 58.4 Å². The third-order valence-corrected chi connectivity index (χ3v) is 5.00. The van der Waals surface area contributed by atoms with E-state index in [0.717, 1.165) is 43.7 Å². The summed E-state index contributed by atoms with van der Waals surface area (Å²) in [7, 11) is 0. The van der Waals surface area contributed by atoms with Crippen molar-refractivity contribution in [1.82, 2.24) is 25.3 Å². The van der Waals surface area contributed by atoms with Crippen molar-refractivity contribution in [2.75, 3.05) is 18.0 Å². The van der Waals surface area contributed by atoms with Crippen molar-refractivity contribution < 1.29 is 4.79 Å². The zero-order chi connectivity index (χ0) is 17.6. The Morgan fingerprint density at radius 1 is 1.32 bits per heavy atom. The van der Waals surface area contributed by atoms with Crippen LogP contribution >= 0.6 is 0 Å². The second-order valence-electron chi connectivity index (χ2n) is 6.97. The van der Waals surface area contributed by atoms with Gasteiger partial charge in [-0.25, -0.2) is 15.0 Å². The lowest BCUT2D eigenvalue weighted by Crippen LogP contribution is -2.43. The van der Waals surface area contributed by atoms with Gasteiger partial charge in [0.15, 0.2) is 11.5 Å². The summed E-state index contributed by atoms with van der Waals surface area (Å²) in [5.74, 6) is 1.19. The van der Waals surface area contributed by atoms with Gasteiger partial charge in [-0.3, -0.25) is 4.79 Å². The van der Waals surface area contributed by atoms with Crippen molar-refractivity contribution in [3.05, 3.63) is 12.7 Å². The van der Waals surface area contributed by atoms with Crippen molar-refractivity contribution in [1.29, 1.82) is 0 Å². The summed E-state index contributed by atoms with van der Waals surface area (Å²) in [5, 5.41) is 3.19. The van der Waals surface area contributed by atoms with E-state index >= 15 is 0 Å². The quantitative estimate of drug-likeness (QED) is 0.754. The number of rotatable bonds is 7. The lowest BCUT2D eigenvalue weighted by Gasteiger charge is -2.32. The lowest BCUT2D eigenvalue weighted by molar-refractivity contribution is -0.126. The third kappa shape index (κ3) is 4.27. The van der Waals surface area contributed by atoms with Gasteiger partial charge in [0.05, 0.1) is 6.33 Å². The van der Waals surface area contributed by atoms with E-state index in [1.807, 2.05) is 0 Å². The number of H-pyrrole nitrogens is 1. The molecular formula is C18H28N6O. The number of piperidine rings is 1. The summed E-state index contributed by atoms with van der Waals surface area (Å²) >= 11 is 0. The predicted octanol–water partition coefficient (Wildman–Crippen LogP) is 2.65. The number of hydrogen-bond donors (Lipinski definition) is 2. The monoisotopic (exact) mass is 344 g/mol. The average Bonchev–Trinajstić information content (AvgIpc) is 3.11. The van der Waals surface area contributed by atoms with E-state index in [1.165, 1.54) is 19.3 Å². The second kappa shape index (κ2) is 8.27. The van der Waals surface area contributed by atoms with Crippen molar-refractivity contribution >= 4 is 22.9 Å². The molecule has 0 aromatic carbocycles. The molecule has 1 unspecified atom stereocenters. The molecule has 0 saturated carbocycles. The standard InChI is InChI=1S/C18H28N6O/c1-3-4-5-6-13(2)23-18(25)14-7-9-24(10-8-14)17-15-16(20-11-19-15)21-12-22-17/h11-14H,3-10H2,1-2H3,(H,23,25)(H,19,20,21,22). The Bertz CT molecular complexity index is 692. The molecule has 1 atom stereocenters. The van der Waals surface area contributed by atoms with Crippen LogP contribution in [0.4, 0.5) is 5.82 Å². The first-order valence-electron chi connectivity index (χ1n) is 9.38. The number of imidazole rings is 1. The molecule has 1 aliphatic rings. The fourth-order valence-electron chi connectivity index (χ4n) is 3.48. The second-order valence-corrected chi connectivity index (χ2v) is 6.97. The molecule has 0 spiro atoms. The van der Waals surface area contributed by atoms with Crippen molar-refractivity contribution in [2.24, 2.45) is 5.92 Å². The molecule has 2 aromatic rings. The van der Waals surface area contributed by atoms with Crippen molar-refractivity contribution in [3.8, 4) is 0 Å². The highest BCUT2D eigenvalue weighted by Crippen LogP contribution is 2.25. The van der Waals surface area contributed by atoms with Crippen molar-refractivity contribution in [3.63, 3.8) is 0 Å². The number of fused-ring (bicyclic) bond motifs is 1. The molecule has 1 amide bonds. The highest BCUT2D eigenvalue weighted by molar-refractivity contribution is 5.83. The van der Waals surface area contributed by atoms with Gasteiger partial charge in [0.2, 0.25) is 5.91 Å². The van der Waals surface area contributed by atoms with Gasteiger partial charge in [-0.05, 0) is 26.2 Å².